The van der Waals surface area contributed by atoms with Crippen LogP contribution < -0.4 is 20.7 Å². The molecule has 0 saturated heterocycles. The predicted octanol–water partition coefficient (Wildman–Crippen LogP) is 3.26. The molecule has 1 aliphatic rings. The molecule has 3 N–H and O–H groups in total. The molecule has 7 nitrogen and oxygen atoms in total. The summed E-state index contributed by atoms with van der Waals surface area (Å²) in [5.74, 6) is -0.517. The van der Waals surface area contributed by atoms with Crippen molar-refractivity contribution < 1.29 is 19.1 Å². The maximum absolute atomic E-state index is 13.1. The first-order chi connectivity index (χ1) is 16.0. The van der Waals surface area contributed by atoms with Gasteiger partial charge in [0.1, 0.15) is 11.8 Å². The maximum Gasteiger partial charge on any atom is 0.255 e. The number of hydrogen-bond donors (Lipinski definition) is 3. The van der Waals surface area contributed by atoms with Crippen LogP contribution in [0.25, 0.3) is 0 Å². The SMILES string of the molecule is O=C1CC[C@@H](C(=O)NCCc2ccccc2)NC(=O)c2cc(Cl)ccc2OCCCCCN1. The standard InChI is InChI=1S/C25H30ClN3O4/c26-19-9-11-22-20(17-19)24(31)29-21(10-12-23(30)27-14-5-2-6-16-33-22)25(32)28-15-13-18-7-3-1-4-8-18/h1,3-4,7-9,11,17,21H,2,5-6,10,12-16H2,(H,27,30)(H,28,32)(H,29,31)/t21-/m0/s1. The zero-order valence-corrected chi connectivity index (χ0v) is 19.3. The molecule has 0 aliphatic carbocycles. The van der Waals surface area contributed by atoms with Crippen molar-refractivity contribution in [3.05, 3.63) is 64.7 Å². The lowest BCUT2D eigenvalue weighted by Crippen LogP contribution is -2.47. The second-order valence-corrected chi connectivity index (χ2v) is 8.43. The van der Waals surface area contributed by atoms with Crippen molar-refractivity contribution in [3.63, 3.8) is 0 Å². The molecule has 0 aromatic heterocycles. The van der Waals surface area contributed by atoms with Crippen LogP contribution in [0.1, 0.15) is 48.0 Å². The highest BCUT2D eigenvalue weighted by Crippen LogP contribution is 2.23. The molecular weight excluding hydrogens is 442 g/mol. The van der Waals surface area contributed by atoms with Gasteiger partial charge in [-0.25, -0.2) is 0 Å². The van der Waals surface area contributed by atoms with Gasteiger partial charge in [-0.05, 0) is 55.9 Å². The van der Waals surface area contributed by atoms with Crippen LogP contribution in [0, 0.1) is 0 Å². The molecule has 1 aliphatic heterocycles. The van der Waals surface area contributed by atoms with E-state index in [4.69, 9.17) is 16.3 Å². The van der Waals surface area contributed by atoms with Crippen LogP contribution in [-0.4, -0.2) is 43.5 Å². The summed E-state index contributed by atoms with van der Waals surface area (Å²) in [6, 6.07) is 13.8. The molecule has 3 amide bonds. The third-order valence-corrected chi connectivity index (χ3v) is 5.66. The Labute approximate surface area is 199 Å². The van der Waals surface area contributed by atoms with Crippen LogP contribution in [-0.2, 0) is 16.0 Å². The van der Waals surface area contributed by atoms with Gasteiger partial charge < -0.3 is 20.7 Å². The average molecular weight is 472 g/mol. The first-order valence-corrected chi connectivity index (χ1v) is 11.7. The predicted molar refractivity (Wildman–Crippen MR) is 127 cm³/mol. The van der Waals surface area contributed by atoms with Gasteiger partial charge >= 0.3 is 0 Å². The number of benzene rings is 2. The summed E-state index contributed by atoms with van der Waals surface area (Å²) >= 11 is 6.11. The fourth-order valence-electron chi connectivity index (χ4n) is 3.59. The molecule has 1 atom stereocenters. The van der Waals surface area contributed by atoms with Crippen molar-refractivity contribution in [2.24, 2.45) is 0 Å². The van der Waals surface area contributed by atoms with E-state index in [-0.39, 0.29) is 30.2 Å². The van der Waals surface area contributed by atoms with Crippen LogP contribution in [0.5, 0.6) is 5.75 Å². The quantitative estimate of drug-likeness (QED) is 0.637. The Hall–Kier alpha value is -3.06. The van der Waals surface area contributed by atoms with Crippen molar-refractivity contribution in [3.8, 4) is 5.75 Å². The van der Waals surface area contributed by atoms with E-state index in [2.05, 4.69) is 16.0 Å². The van der Waals surface area contributed by atoms with Gasteiger partial charge in [0, 0.05) is 24.5 Å². The lowest BCUT2D eigenvalue weighted by atomic mass is 10.1. The van der Waals surface area contributed by atoms with E-state index in [1.807, 2.05) is 30.3 Å². The number of hydrogen-bond acceptors (Lipinski definition) is 4. The van der Waals surface area contributed by atoms with Crippen molar-refractivity contribution >= 4 is 29.3 Å². The number of rotatable bonds is 4. The van der Waals surface area contributed by atoms with Crippen molar-refractivity contribution in [1.82, 2.24) is 16.0 Å². The van der Waals surface area contributed by atoms with Crippen LogP contribution in [0.15, 0.2) is 48.5 Å². The molecule has 0 bridgehead atoms. The molecular formula is C25H30ClN3O4. The number of fused-ring (bicyclic) bond motifs is 1. The molecule has 0 spiro atoms. The zero-order valence-electron chi connectivity index (χ0n) is 18.6. The van der Waals surface area contributed by atoms with Gasteiger partial charge in [-0.2, -0.15) is 0 Å². The molecule has 0 radical (unpaired) electrons. The van der Waals surface area contributed by atoms with Crippen LogP contribution in [0.3, 0.4) is 0 Å². The van der Waals surface area contributed by atoms with Gasteiger partial charge in [-0.1, -0.05) is 41.9 Å². The van der Waals surface area contributed by atoms with E-state index >= 15 is 0 Å². The number of ether oxygens (including phenoxy) is 1. The molecule has 3 rings (SSSR count). The van der Waals surface area contributed by atoms with Gasteiger partial charge in [0.25, 0.3) is 5.91 Å². The van der Waals surface area contributed by atoms with Crippen molar-refractivity contribution in [1.29, 1.82) is 0 Å². The highest BCUT2D eigenvalue weighted by atomic mass is 35.5. The van der Waals surface area contributed by atoms with E-state index in [0.717, 1.165) is 24.8 Å². The number of carbonyl (C=O) groups excluding carboxylic acids is 3. The number of amides is 3. The molecule has 2 aromatic carbocycles. The average Bonchev–Trinajstić information content (AvgIpc) is 2.82. The summed E-state index contributed by atoms with van der Waals surface area (Å²) in [4.78, 5) is 38.2. The Morgan fingerprint density at radius 1 is 1.09 bits per heavy atom. The molecule has 33 heavy (non-hydrogen) atoms. The van der Waals surface area contributed by atoms with Crippen LogP contribution >= 0.6 is 11.6 Å². The molecule has 2 aromatic rings. The Balaban J connectivity index is 1.72. The fraction of sp³-hybridized carbons (Fsp3) is 0.400. The summed E-state index contributed by atoms with van der Waals surface area (Å²) in [6.45, 7) is 1.44. The van der Waals surface area contributed by atoms with Gasteiger partial charge in [-0.3, -0.25) is 14.4 Å². The monoisotopic (exact) mass is 471 g/mol. The van der Waals surface area contributed by atoms with Gasteiger partial charge in [-0.15, -0.1) is 0 Å². The zero-order chi connectivity index (χ0) is 23.5. The summed E-state index contributed by atoms with van der Waals surface area (Å²) in [6.07, 6.45) is 3.51. The summed E-state index contributed by atoms with van der Waals surface area (Å²) in [5, 5.41) is 8.91. The number of halogens is 1. The topological polar surface area (TPSA) is 96.5 Å². The highest BCUT2D eigenvalue weighted by Gasteiger charge is 2.24. The lowest BCUT2D eigenvalue weighted by Gasteiger charge is -2.19. The minimum Gasteiger partial charge on any atom is -0.493 e. The maximum atomic E-state index is 13.1. The molecule has 1 heterocycles. The third kappa shape index (κ3) is 8.09. The van der Waals surface area contributed by atoms with Crippen LogP contribution in [0.4, 0.5) is 0 Å². The Morgan fingerprint density at radius 3 is 2.73 bits per heavy atom. The summed E-state index contributed by atoms with van der Waals surface area (Å²) < 4.78 is 5.81. The second kappa shape index (κ2) is 12.8. The highest BCUT2D eigenvalue weighted by molar-refractivity contribution is 6.31. The van der Waals surface area contributed by atoms with E-state index in [0.29, 0.717) is 36.9 Å². The Morgan fingerprint density at radius 2 is 1.91 bits per heavy atom. The molecule has 8 heteroatoms. The fourth-order valence-corrected chi connectivity index (χ4v) is 3.76. The minimum atomic E-state index is -0.865. The second-order valence-electron chi connectivity index (χ2n) is 7.99. The summed E-state index contributed by atoms with van der Waals surface area (Å²) in [5.41, 5.74) is 1.37. The molecule has 0 unspecified atom stereocenters. The Bertz CT molecular complexity index is 952. The Kier molecular flexibility index (Phi) is 9.57. The van der Waals surface area contributed by atoms with E-state index in [1.165, 1.54) is 6.07 Å². The number of carbonyl (C=O) groups is 3. The van der Waals surface area contributed by atoms with Gasteiger partial charge in [0.2, 0.25) is 11.8 Å². The van der Waals surface area contributed by atoms with Crippen LogP contribution in [0.2, 0.25) is 5.02 Å². The number of nitrogens with one attached hydrogen (secondary N) is 3. The first-order valence-electron chi connectivity index (χ1n) is 11.3. The first kappa shape index (κ1) is 24.6. The van der Waals surface area contributed by atoms with Gasteiger partial charge in [0.05, 0.1) is 12.2 Å². The summed E-state index contributed by atoms with van der Waals surface area (Å²) in [7, 11) is 0. The smallest absolute Gasteiger partial charge is 0.255 e. The molecule has 0 saturated carbocycles. The molecule has 176 valence electrons. The normalized spacial score (nSPS) is 17.9. The lowest BCUT2D eigenvalue weighted by molar-refractivity contribution is -0.124. The van der Waals surface area contributed by atoms with Gasteiger partial charge in [0.15, 0.2) is 0 Å². The van der Waals surface area contributed by atoms with Crippen molar-refractivity contribution in [2.45, 2.75) is 44.6 Å². The molecule has 0 fully saturated rings. The van der Waals surface area contributed by atoms with E-state index in [1.54, 1.807) is 12.1 Å². The third-order valence-electron chi connectivity index (χ3n) is 5.42. The van der Waals surface area contributed by atoms with E-state index in [9.17, 15) is 14.4 Å². The largest absolute Gasteiger partial charge is 0.493 e. The minimum absolute atomic E-state index is 0.135. The van der Waals surface area contributed by atoms with E-state index < -0.39 is 11.9 Å². The van der Waals surface area contributed by atoms with Crippen molar-refractivity contribution in [2.75, 3.05) is 19.7 Å².